The normalized spacial score (nSPS) is 36.3. The van der Waals surface area contributed by atoms with Gasteiger partial charge in [-0.3, -0.25) is 4.79 Å². The topological polar surface area (TPSA) is 32.8 Å². The fourth-order valence-corrected chi connectivity index (χ4v) is 4.10. The highest BCUT2D eigenvalue weighted by atomic mass is 16.5. The smallest absolute Gasteiger partial charge is 0.219 e. The van der Waals surface area contributed by atoms with E-state index in [1.54, 1.807) is 6.92 Å². The maximum absolute atomic E-state index is 11.5. The molecule has 0 aliphatic carbocycles. The number of hydrogen-bond donors (Lipinski definition) is 0. The largest absolute Gasteiger partial charge is 0.381 e. The summed E-state index contributed by atoms with van der Waals surface area (Å²) >= 11 is 0. The van der Waals surface area contributed by atoms with Crippen molar-refractivity contribution in [3.8, 4) is 0 Å². The van der Waals surface area contributed by atoms with Gasteiger partial charge in [0.2, 0.25) is 5.91 Å². The first-order valence-electron chi connectivity index (χ1n) is 7.73. The molecule has 0 N–H and O–H groups in total. The maximum atomic E-state index is 11.5. The Morgan fingerprint density at radius 3 is 2.89 bits per heavy atom. The van der Waals surface area contributed by atoms with Crippen LogP contribution in [0.5, 0.6) is 0 Å². The van der Waals surface area contributed by atoms with Gasteiger partial charge in [0, 0.05) is 45.1 Å². The molecule has 2 atom stereocenters. The highest BCUT2D eigenvalue weighted by Crippen LogP contribution is 2.39. The molecular formula is C15H26N2O2. The van der Waals surface area contributed by atoms with Gasteiger partial charge in [0.05, 0.1) is 6.61 Å². The second-order valence-corrected chi connectivity index (χ2v) is 6.76. The highest BCUT2D eigenvalue weighted by molar-refractivity contribution is 5.73. The summed E-state index contributed by atoms with van der Waals surface area (Å²) < 4.78 is 5.48. The molecule has 108 valence electrons. The first-order valence-corrected chi connectivity index (χ1v) is 7.73. The van der Waals surface area contributed by atoms with E-state index in [2.05, 4.69) is 4.90 Å². The molecule has 3 rings (SSSR count). The Morgan fingerprint density at radius 2 is 2.21 bits per heavy atom. The fraction of sp³-hybridized carbons (Fsp3) is 0.933. The molecule has 3 aliphatic heterocycles. The Bertz CT molecular complexity index is 341. The average molecular weight is 266 g/mol. The van der Waals surface area contributed by atoms with Gasteiger partial charge >= 0.3 is 0 Å². The minimum atomic E-state index is 0.248. The monoisotopic (exact) mass is 266 g/mol. The molecule has 1 amide bonds. The van der Waals surface area contributed by atoms with Crippen LogP contribution in [-0.2, 0) is 9.53 Å². The molecule has 0 aromatic rings. The van der Waals surface area contributed by atoms with Gasteiger partial charge in [-0.2, -0.15) is 0 Å². The van der Waals surface area contributed by atoms with Gasteiger partial charge in [-0.25, -0.2) is 0 Å². The van der Waals surface area contributed by atoms with E-state index in [0.29, 0.717) is 5.41 Å². The maximum Gasteiger partial charge on any atom is 0.219 e. The van der Waals surface area contributed by atoms with Gasteiger partial charge in [0.15, 0.2) is 0 Å². The Balaban J connectivity index is 1.57. The van der Waals surface area contributed by atoms with E-state index in [0.717, 1.165) is 32.2 Å². The van der Waals surface area contributed by atoms with Crippen LogP contribution < -0.4 is 0 Å². The predicted molar refractivity (Wildman–Crippen MR) is 73.9 cm³/mol. The summed E-state index contributed by atoms with van der Waals surface area (Å²) in [6.07, 6.45) is 5.01. The molecule has 1 spiro atoms. The molecule has 19 heavy (non-hydrogen) atoms. The summed E-state index contributed by atoms with van der Waals surface area (Å²) in [6.45, 7) is 9.17. The molecule has 0 saturated carbocycles. The molecule has 0 aromatic carbocycles. The van der Waals surface area contributed by atoms with Gasteiger partial charge in [-0.05, 0) is 38.1 Å². The van der Waals surface area contributed by atoms with Gasteiger partial charge < -0.3 is 14.5 Å². The molecule has 3 aliphatic rings. The van der Waals surface area contributed by atoms with Crippen molar-refractivity contribution in [1.82, 2.24) is 9.80 Å². The number of amides is 1. The number of carbonyl (C=O) groups excluding carboxylic acids is 1. The van der Waals surface area contributed by atoms with Crippen LogP contribution in [0.2, 0.25) is 0 Å². The molecule has 3 saturated heterocycles. The SMILES string of the molecule is CC(=O)N1CC[C@@]2(CCCN(C[C@H]3CCOC3)C2)C1. The highest BCUT2D eigenvalue weighted by Gasteiger charge is 2.42. The van der Waals surface area contributed by atoms with Gasteiger partial charge in [0.1, 0.15) is 0 Å². The zero-order chi connectivity index (χ0) is 13.3. The Hall–Kier alpha value is -0.610. The third-order valence-corrected chi connectivity index (χ3v) is 5.16. The van der Waals surface area contributed by atoms with Crippen LogP contribution in [0.1, 0.15) is 32.6 Å². The van der Waals surface area contributed by atoms with Gasteiger partial charge in [0.25, 0.3) is 0 Å². The Labute approximate surface area is 116 Å². The van der Waals surface area contributed by atoms with Gasteiger partial charge in [-0.1, -0.05) is 0 Å². The van der Waals surface area contributed by atoms with Crippen molar-refractivity contribution in [3.05, 3.63) is 0 Å². The Morgan fingerprint density at radius 1 is 1.32 bits per heavy atom. The number of carbonyl (C=O) groups is 1. The van der Waals surface area contributed by atoms with E-state index in [1.165, 1.54) is 45.3 Å². The fourth-order valence-electron chi connectivity index (χ4n) is 4.10. The molecule has 3 heterocycles. The zero-order valence-corrected chi connectivity index (χ0v) is 12.1. The first-order chi connectivity index (χ1) is 9.17. The van der Waals surface area contributed by atoms with Crippen LogP contribution in [0.3, 0.4) is 0 Å². The number of piperidine rings is 1. The average Bonchev–Trinajstić information content (AvgIpc) is 3.00. The van der Waals surface area contributed by atoms with E-state index in [-0.39, 0.29) is 5.91 Å². The van der Waals surface area contributed by atoms with Crippen LogP contribution in [0.25, 0.3) is 0 Å². The summed E-state index contributed by atoms with van der Waals surface area (Å²) in [5, 5.41) is 0. The molecule has 0 bridgehead atoms. The number of hydrogen-bond acceptors (Lipinski definition) is 3. The second-order valence-electron chi connectivity index (χ2n) is 6.76. The molecule has 0 radical (unpaired) electrons. The molecule has 0 unspecified atom stereocenters. The summed E-state index contributed by atoms with van der Waals surface area (Å²) in [6, 6.07) is 0. The summed E-state index contributed by atoms with van der Waals surface area (Å²) in [7, 11) is 0. The van der Waals surface area contributed by atoms with E-state index in [4.69, 9.17) is 4.74 Å². The van der Waals surface area contributed by atoms with Crippen LogP contribution in [0, 0.1) is 11.3 Å². The van der Waals surface area contributed by atoms with Gasteiger partial charge in [-0.15, -0.1) is 0 Å². The number of likely N-dealkylation sites (tertiary alicyclic amines) is 2. The van der Waals surface area contributed by atoms with Crippen molar-refractivity contribution < 1.29 is 9.53 Å². The minimum Gasteiger partial charge on any atom is -0.381 e. The van der Waals surface area contributed by atoms with Crippen LogP contribution in [0.15, 0.2) is 0 Å². The number of nitrogens with zero attached hydrogens (tertiary/aromatic N) is 2. The van der Waals surface area contributed by atoms with E-state index < -0.39 is 0 Å². The third-order valence-electron chi connectivity index (χ3n) is 5.16. The lowest BCUT2D eigenvalue weighted by Crippen LogP contribution is -2.46. The van der Waals surface area contributed by atoms with Crippen LogP contribution >= 0.6 is 0 Å². The van der Waals surface area contributed by atoms with E-state index in [9.17, 15) is 4.79 Å². The molecule has 0 aromatic heterocycles. The van der Waals surface area contributed by atoms with Crippen molar-refractivity contribution in [1.29, 1.82) is 0 Å². The van der Waals surface area contributed by atoms with Crippen molar-refractivity contribution in [2.45, 2.75) is 32.6 Å². The molecule has 4 heteroatoms. The summed E-state index contributed by atoms with van der Waals surface area (Å²) in [5.41, 5.74) is 0.392. The predicted octanol–water partition coefficient (Wildman–Crippen LogP) is 1.36. The minimum absolute atomic E-state index is 0.248. The lowest BCUT2D eigenvalue weighted by molar-refractivity contribution is -0.128. The first kappa shape index (κ1) is 13.4. The summed E-state index contributed by atoms with van der Waals surface area (Å²) in [4.78, 5) is 16.2. The number of rotatable bonds is 2. The van der Waals surface area contributed by atoms with Crippen LogP contribution in [0.4, 0.5) is 0 Å². The third kappa shape index (κ3) is 2.95. The van der Waals surface area contributed by atoms with Crippen molar-refractivity contribution in [3.63, 3.8) is 0 Å². The zero-order valence-electron chi connectivity index (χ0n) is 12.1. The molecular weight excluding hydrogens is 240 g/mol. The van der Waals surface area contributed by atoms with Crippen LogP contribution in [-0.4, -0.2) is 61.6 Å². The lowest BCUT2D eigenvalue weighted by Gasteiger charge is -2.41. The van der Waals surface area contributed by atoms with E-state index >= 15 is 0 Å². The van der Waals surface area contributed by atoms with Crippen molar-refractivity contribution in [2.75, 3.05) is 45.9 Å². The van der Waals surface area contributed by atoms with E-state index in [1.807, 2.05) is 4.90 Å². The summed E-state index contributed by atoms with van der Waals surface area (Å²) in [5.74, 6) is 0.985. The molecule has 4 nitrogen and oxygen atoms in total. The Kier molecular flexibility index (Phi) is 3.81. The number of ether oxygens (including phenoxy) is 1. The quantitative estimate of drug-likeness (QED) is 0.756. The second kappa shape index (κ2) is 5.41. The molecule has 3 fully saturated rings. The lowest BCUT2D eigenvalue weighted by atomic mass is 9.79. The van der Waals surface area contributed by atoms with Crippen molar-refractivity contribution in [2.24, 2.45) is 11.3 Å². The standard InChI is InChI=1S/C15H26N2O2/c1-13(18)17-7-5-15(12-17)4-2-6-16(11-15)9-14-3-8-19-10-14/h14H,2-12H2,1H3/t14-,15-/m1/s1. The van der Waals surface area contributed by atoms with Crippen molar-refractivity contribution >= 4 is 5.91 Å².